The predicted octanol–water partition coefficient (Wildman–Crippen LogP) is 3.24. The molecule has 0 saturated carbocycles. The Kier molecular flexibility index (Phi) is 4.15. The van der Waals surface area contributed by atoms with Crippen molar-refractivity contribution in [1.82, 2.24) is 5.32 Å². The summed E-state index contributed by atoms with van der Waals surface area (Å²) in [6, 6.07) is 10.8. The molecule has 0 bridgehead atoms. The zero-order valence-electron chi connectivity index (χ0n) is 10.8. The van der Waals surface area contributed by atoms with E-state index >= 15 is 0 Å². The lowest BCUT2D eigenvalue weighted by atomic mass is 10.1. The Bertz CT molecular complexity index is 626. The van der Waals surface area contributed by atoms with Gasteiger partial charge in [0.25, 0.3) is 5.91 Å². The lowest BCUT2D eigenvalue weighted by molar-refractivity contribution is 0.0937. The van der Waals surface area contributed by atoms with Crippen LogP contribution in [-0.2, 0) is 0 Å². The topological polar surface area (TPSA) is 69.6 Å². The van der Waals surface area contributed by atoms with Gasteiger partial charge in [-0.15, -0.1) is 0 Å². The van der Waals surface area contributed by atoms with Gasteiger partial charge < -0.3 is 15.5 Å². The fraction of sp³-hybridized carbons (Fsp3) is 0.133. The molecule has 0 heterocycles. The third-order valence-corrected chi connectivity index (χ3v) is 3.20. The van der Waals surface area contributed by atoms with Crippen molar-refractivity contribution < 1.29 is 15.0 Å². The number of aromatic hydroxyl groups is 2. The van der Waals surface area contributed by atoms with Crippen molar-refractivity contribution in [3.63, 3.8) is 0 Å². The van der Waals surface area contributed by atoms with Crippen LogP contribution in [0.25, 0.3) is 0 Å². The van der Waals surface area contributed by atoms with Crippen LogP contribution in [0.5, 0.6) is 11.5 Å². The Morgan fingerprint density at radius 2 is 1.80 bits per heavy atom. The number of phenols is 2. The van der Waals surface area contributed by atoms with E-state index < -0.39 is 5.91 Å². The van der Waals surface area contributed by atoms with Gasteiger partial charge in [0.05, 0.1) is 11.6 Å². The molecule has 20 heavy (non-hydrogen) atoms. The van der Waals surface area contributed by atoms with Gasteiger partial charge in [-0.1, -0.05) is 23.7 Å². The predicted molar refractivity (Wildman–Crippen MR) is 77.1 cm³/mol. The van der Waals surface area contributed by atoms with Crippen LogP contribution in [0.15, 0.2) is 42.5 Å². The normalized spacial score (nSPS) is 11.9. The molecule has 2 aromatic rings. The molecule has 0 aromatic heterocycles. The highest BCUT2D eigenvalue weighted by molar-refractivity contribution is 6.30. The van der Waals surface area contributed by atoms with E-state index in [0.717, 1.165) is 11.6 Å². The third kappa shape index (κ3) is 3.22. The fourth-order valence-electron chi connectivity index (χ4n) is 1.82. The van der Waals surface area contributed by atoms with Crippen molar-refractivity contribution in [2.24, 2.45) is 0 Å². The van der Waals surface area contributed by atoms with Crippen LogP contribution < -0.4 is 5.32 Å². The Morgan fingerprint density at radius 3 is 2.40 bits per heavy atom. The number of phenolic OH excluding ortho intramolecular Hbond substituents is 2. The summed E-state index contributed by atoms with van der Waals surface area (Å²) < 4.78 is 0. The van der Waals surface area contributed by atoms with Crippen LogP contribution in [0.1, 0.15) is 28.9 Å². The lowest BCUT2D eigenvalue weighted by Crippen LogP contribution is -2.26. The Hall–Kier alpha value is -2.20. The van der Waals surface area contributed by atoms with Gasteiger partial charge in [-0.3, -0.25) is 4.79 Å². The summed E-state index contributed by atoms with van der Waals surface area (Å²) >= 11 is 5.81. The lowest BCUT2D eigenvalue weighted by Gasteiger charge is -2.15. The Balaban J connectivity index is 2.13. The summed E-state index contributed by atoms with van der Waals surface area (Å²) in [5.41, 5.74) is 1.02. The van der Waals surface area contributed by atoms with Crippen LogP contribution in [0.3, 0.4) is 0 Å². The molecule has 0 fully saturated rings. The number of halogens is 1. The largest absolute Gasteiger partial charge is 0.508 e. The van der Waals surface area contributed by atoms with Crippen LogP contribution >= 0.6 is 11.6 Å². The molecule has 4 nitrogen and oxygen atoms in total. The molecular weight excluding hydrogens is 278 g/mol. The van der Waals surface area contributed by atoms with Gasteiger partial charge in [0.2, 0.25) is 0 Å². The Morgan fingerprint density at radius 1 is 1.15 bits per heavy atom. The van der Waals surface area contributed by atoms with Gasteiger partial charge in [0.1, 0.15) is 11.5 Å². The maximum absolute atomic E-state index is 12.0. The number of hydrogen-bond acceptors (Lipinski definition) is 3. The van der Waals surface area contributed by atoms with Crippen LogP contribution in [0.4, 0.5) is 0 Å². The molecule has 2 aromatic carbocycles. The quantitative estimate of drug-likeness (QED) is 0.813. The fourth-order valence-corrected chi connectivity index (χ4v) is 1.95. The number of rotatable bonds is 3. The van der Waals surface area contributed by atoms with Gasteiger partial charge in [0.15, 0.2) is 0 Å². The highest BCUT2D eigenvalue weighted by Gasteiger charge is 2.15. The molecule has 0 aliphatic carbocycles. The number of nitrogens with one attached hydrogen (secondary N) is 1. The van der Waals surface area contributed by atoms with Crippen molar-refractivity contribution >= 4 is 17.5 Å². The molecule has 5 heteroatoms. The van der Waals surface area contributed by atoms with Crippen LogP contribution in [0, 0.1) is 0 Å². The zero-order valence-corrected chi connectivity index (χ0v) is 11.6. The molecule has 1 atom stereocenters. The van der Waals surface area contributed by atoms with E-state index in [-0.39, 0.29) is 23.1 Å². The zero-order chi connectivity index (χ0) is 14.7. The second-order valence-electron chi connectivity index (χ2n) is 4.45. The number of carbonyl (C=O) groups is 1. The monoisotopic (exact) mass is 291 g/mol. The molecule has 104 valence electrons. The molecular formula is C15H14ClNO3. The van der Waals surface area contributed by atoms with Crippen molar-refractivity contribution in [3.8, 4) is 11.5 Å². The maximum atomic E-state index is 12.0. The number of amides is 1. The second-order valence-corrected chi connectivity index (χ2v) is 4.88. The van der Waals surface area contributed by atoms with E-state index in [1.54, 1.807) is 12.1 Å². The van der Waals surface area contributed by atoms with Gasteiger partial charge in [-0.2, -0.15) is 0 Å². The summed E-state index contributed by atoms with van der Waals surface area (Å²) in [4.78, 5) is 12.0. The van der Waals surface area contributed by atoms with Crippen molar-refractivity contribution in [2.45, 2.75) is 13.0 Å². The first-order valence-electron chi connectivity index (χ1n) is 6.05. The maximum Gasteiger partial charge on any atom is 0.255 e. The van der Waals surface area contributed by atoms with Gasteiger partial charge in [0, 0.05) is 11.1 Å². The van der Waals surface area contributed by atoms with Gasteiger partial charge >= 0.3 is 0 Å². The SMILES string of the molecule is CC(NC(=O)c1ccc(O)cc1O)c1ccc(Cl)cc1. The third-order valence-electron chi connectivity index (χ3n) is 2.94. The highest BCUT2D eigenvalue weighted by atomic mass is 35.5. The minimum atomic E-state index is -0.412. The second kappa shape index (κ2) is 5.84. The summed E-state index contributed by atoms with van der Waals surface area (Å²) in [5, 5.41) is 22.2. The van der Waals surface area contributed by atoms with Crippen LogP contribution in [0.2, 0.25) is 5.02 Å². The first-order valence-corrected chi connectivity index (χ1v) is 6.43. The van der Waals surface area contributed by atoms with E-state index in [4.69, 9.17) is 11.6 Å². The molecule has 1 amide bonds. The van der Waals surface area contributed by atoms with E-state index in [2.05, 4.69) is 5.32 Å². The van der Waals surface area contributed by atoms with Gasteiger partial charge in [-0.05, 0) is 36.8 Å². The molecule has 0 spiro atoms. The summed E-state index contributed by atoms with van der Waals surface area (Å²) in [7, 11) is 0. The van der Waals surface area contributed by atoms with Crippen molar-refractivity contribution in [1.29, 1.82) is 0 Å². The molecule has 0 aliphatic rings. The average Bonchev–Trinajstić information content (AvgIpc) is 2.39. The molecule has 2 rings (SSSR count). The Labute approximate surface area is 121 Å². The molecule has 1 unspecified atom stereocenters. The first kappa shape index (κ1) is 14.2. The number of carbonyl (C=O) groups excluding carboxylic acids is 1. The van der Waals surface area contributed by atoms with Crippen molar-refractivity contribution in [2.75, 3.05) is 0 Å². The number of benzene rings is 2. The van der Waals surface area contributed by atoms with E-state index in [9.17, 15) is 15.0 Å². The summed E-state index contributed by atoms with van der Waals surface area (Å²) in [6.45, 7) is 1.83. The first-order chi connectivity index (χ1) is 9.47. The molecule has 0 saturated heterocycles. The smallest absolute Gasteiger partial charge is 0.255 e. The summed E-state index contributed by atoms with van der Waals surface area (Å²) in [6.07, 6.45) is 0. The molecule has 0 aliphatic heterocycles. The van der Waals surface area contributed by atoms with Crippen molar-refractivity contribution in [3.05, 3.63) is 58.6 Å². The highest BCUT2D eigenvalue weighted by Crippen LogP contribution is 2.23. The summed E-state index contributed by atoms with van der Waals surface area (Å²) in [5.74, 6) is -0.763. The minimum absolute atomic E-state index is 0.0928. The van der Waals surface area contributed by atoms with Crippen LogP contribution in [-0.4, -0.2) is 16.1 Å². The molecule has 3 N–H and O–H groups in total. The van der Waals surface area contributed by atoms with Gasteiger partial charge in [-0.25, -0.2) is 0 Å². The minimum Gasteiger partial charge on any atom is -0.508 e. The molecule has 0 radical (unpaired) electrons. The average molecular weight is 292 g/mol. The van der Waals surface area contributed by atoms with E-state index in [0.29, 0.717) is 5.02 Å². The van der Waals surface area contributed by atoms with E-state index in [1.165, 1.54) is 12.1 Å². The van der Waals surface area contributed by atoms with E-state index in [1.807, 2.05) is 19.1 Å². The number of hydrogen-bond donors (Lipinski definition) is 3. The standard InChI is InChI=1S/C15H14ClNO3/c1-9(10-2-4-11(16)5-3-10)17-15(20)13-7-6-12(18)8-14(13)19/h2-9,18-19H,1H3,(H,17,20).